The number of para-hydroxylation sites is 1. The number of hydrogen-bond donors (Lipinski definition) is 2. The molecule has 0 atom stereocenters. The largest absolute Gasteiger partial charge is 0.323 e. The molecule has 4 amide bonds. The van der Waals surface area contributed by atoms with E-state index in [1.807, 2.05) is 18.2 Å². The number of fused-ring (bicyclic) bond motifs is 1. The van der Waals surface area contributed by atoms with Gasteiger partial charge in [-0.2, -0.15) is 0 Å². The summed E-state index contributed by atoms with van der Waals surface area (Å²) < 4.78 is 0. The molecule has 6 heteroatoms. The summed E-state index contributed by atoms with van der Waals surface area (Å²) >= 11 is 0. The zero-order valence-electron chi connectivity index (χ0n) is 18.2. The maximum Gasteiger partial charge on any atom is 0.323 e. The third-order valence-electron chi connectivity index (χ3n) is 6.35. The molecular weight excluding hydrogens is 390 g/mol. The van der Waals surface area contributed by atoms with Gasteiger partial charge in [0.05, 0.1) is 11.1 Å². The molecule has 0 saturated heterocycles. The van der Waals surface area contributed by atoms with Crippen molar-refractivity contribution in [2.45, 2.75) is 64.8 Å². The zero-order valence-corrected chi connectivity index (χ0v) is 18.2. The fourth-order valence-electron chi connectivity index (χ4n) is 4.69. The Labute approximate surface area is 183 Å². The van der Waals surface area contributed by atoms with Gasteiger partial charge in [-0.1, -0.05) is 51.3 Å². The van der Waals surface area contributed by atoms with Crippen LogP contribution < -0.4 is 10.6 Å². The smallest absolute Gasteiger partial charge is 0.308 e. The first-order valence-electron chi connectivity index (χ1n) is 11.2. The van der Waals surface area contributed by atoms with Crippen molar-refractivity contribution in [2.75, 3.05) is 10.6 Å². The monoisotopic (exact) mass is 419 g/mol. The SMILES string of the molecule is CCc1cccc(CC)c1NC(=O)Nc1ccc2c(c1)C(=O)N(C1CCCCC1)C2=O. The maximum absolute atomic E-state index is 13.0. The van der Waals surface area contributed by atoms with Crippen molar-refractivity contribution in [1.29, 1.82) is 0 Å². The number of amides is 4. The van der Waals surface area contributed by atoms with E-state index in [9.17, 15) is 14.4 Å². The van der Waals surface area contributed by atoms with Crippen molar-refractivity contribution in [3.8, 4) is 0 Å². The molecular formula is C25H29N3O3. The van der Waals surface area contributed by atoms with E-state index in [0.29, 0.717) is 16.8 Å². The molecule has 2 aliphatic rings. The Morgan fingerprint density at radius 2 is 1.55 bits per heavy atom. The minimum Gasteiger partial charge on any atom is -0.308 e. The second-order valence-electron chi connectivity index (χ2n) is 8.27. The second kappa shape index (κ2) is 8.92. The summed E-state index contributed by atoms with van der Waals surface area (Å²) in [5, 5.41) is 5.79. The third kappa shape index (κ3) is 4.07. The molecule has 2 N–H and O–H groups in total. The lowest BCUT2D eigenvalue weighted by Gasteiger charge is -2.29. The fourth-order valence-corrected chi connectivity index (χ4v) is 4.69. The van der Waals surface area contributed by atoms with Crippen LogP contribution in [0.3, 0.4) is 0 Å². The average Bonchev–Trinajstić information content (AvgIpc) is 3.04. The van der Waals surface area contributed by atoms with Crippen LogP contribution in [0.25, 0.3) is 0 Å². The van der Waals surface area contributed by atoms with E-state index in [4.69, 9.17) is 0 Å². The highest BCUT2D eigenvalue weighted by Gasteiger charge is 2.40. The van der Waals surface area contributed by atoms with Crippen molar-refractivity contribution in [3.05, 3.63) is 58.7 Å². The predicted octanol–water partition coefficient (Wildman–Crippen LogP) is 5.38. The minimum atomic E-state index is -0.364. The Hall–Kier alpha value is -3.15. The molecule has 31 heavy (non-hydrogen) atoms. The predicted molar refractivity (Wildman–Crippen MR) is 122 cm³/mol. The molecule has 6 nitrogen and oxygen atoms in total. The van der Waals surface area contributed by atoms with Crippen molar-refractivity contribution in [3.63, 3.8) is 0 Å². The number of rotatable bonds is 5. The average molecular weight is 420 g/mol. The molecule has 0 spiro atoms. The number of carbonyl (C=O) groups is 3. The Bertz CT molecular complexity index is 1000. The van der Waals surface area contributed by atoms with Gasteiger partial charge in [-0.25, -0.2) is 4.79 Å². The lowest BCUT2D eigenvalue weighted by Crippen LogP contribution is -2.40. The van der Waals surface area contributed by atoms with Crippen LogP contribution in [-0.2, 0) is 12.8 Å². The van der Waals surface area contributed by atoms with Gasteiger partial charge < -0.3 is 10.6 Å². The number of nitrogens with one attached hydrogen (secondary N) is 2. The van der Waals surface area contributed by atoms with Crippen LogP contribution in [0, 0.1) is 0 Å². The molecule has 1 aliphatic carbocycles. The highest BCUT2D eigenvalue weighted by atomic mass is 16.2. The molecule has 1 fully saturated rings. The number of hydrogen-bond acceptors (Lipinski definition) is 3. The summed E-state index contributed by atoms with van der Waals surface area (Å²) in [6.07, 6.45) is 6.62. The van der Waals surface area contributed by atoms with Gasteiger partial charge in [-0.15, -0.1) is 0 Å². The van der Waals surface area contributed by atoms with Crippen molar-refractivity contribution in [2.24, 2.45) is 0 Å². The van der Waals surface area contributed by atoms with E-state index in [2.05, 4.69) is 24.5 Å². The van der Waals surface area contributed by atoms with Gasteiger partial charge in [0.2, 0.25) is 0 Å². The second-order valence-corrected chi connectivity index (χ2v) is 8.27. The van der Waals surface area contributed by atoms with E-state index >= 15 is 0 Å². The molecule has 0 radical (unpaired) electrons. The Morgan fingerprint density at radius 3 is 2.19 bits per heavy atom. The summed E-state index contributed by atoms with van der Waals surface area (Å²) in [7, 11) is 0. The Morgan fingerprint density at radius 1 is 0.903 bits per heavy atom. The molecule has 4 rings (SSSR count). The molecule has 0 bridgehead atoms. The number of carbonyl (C=O) groups excluding carboxylic acids is 3. The van der Waals surface area contributed by atoms with Gasteiger partial charge in [0.1, 0.15) is 0 Å². The van der Waals surface area contributed by atoms with E-state index in [1.54, 1.807) is 18.2 Å². The van der Waals surface area contributed by atoms with Gasteiger partial charge in [0, 0.05) is 17.4 Å². The van der Waals surface area contributed by atoms with Crippen LogP contribution in [0.2, 0.25) is 0 Å². The summed E-state index contributed by atoms with van der Waals surface area (Å²) in [6, 6.07) is 10.6. The third-order valence-corrected chi connectivity index (χ3v) is 6.35. The van der Waals surface area contributed by atoms with Crippen LogP contribution in [0.1, 0.15) is 77.8 Å². The highest BCUT2D eigenvalue weighted by molar-refractivity contribution is 6.22. The lowest BCUT2D eigenvalue weighted by atomic mass is 9.94. The van der Waals surface area contributed by atoms with Gasteiger partial charge >= 0.3 is 6.03 Å². The van der Waals surface area contributed by atoms with E-state index in [1.165, 1.54) is 4.90 Å². The normalized spacial score (nSPS) is 16.4. The van der Waals surface area contributed by atoms with E-state index in [0.717, 1.165) is 61.8 Å². The van der Waals surface area contributed by atoms with Crippen molar-refractivity contribution >= 4 is 29.2 Å². The first-order chi connectivity index (χ1) is 15.0. The van der Waals surface area contributed by atoms with Crippen LogP contribution in [0.5, 0.6) is 0 Å². The topological polar surface area (TPSA) is 78.5 Å². The molecule has 0 unspecified atom stereocenters. The van der Waals surface area contributed by atoms with Crippen LogP contribution in [-0.4, -0.2) is 28.8 Å². The molecule has 1 saturated carbocycles. The number of aryl methyl sites for hydroxylation is 2. The maximum atomic E-state index is 13.0. The van der Waals surface area contributed by atoms with E-state index in [-0.39, 0.29) is 23.9 Å². The standard InChI is InChI=1S/C25H29N3O3/c1-3-16-9-8-10-17(4-2)22(16)27-25(31)26-18-13-14-20-21(15-18)24(30)28(23(20)29)19-11-6-5-7-12-19/h8-10,13-15,19H,3-7,11-12H2,1-2H3,(H2,26,27,31). The van der Waals surface area contributed by atoms with Crippen LogP contribution in [0.4, 0.5) is 16.2 Å². The Kier molecular flexibility index (Phi) is 6.07. The molecule has 0 aromatic heterocycles. The van der Waals surface area contributed by atoms with Gasteiger partial charge in [-0.05, 0) is 55.0 Å². The number of benzene rings is 2. The van der Waals surface area contributed by atoms with Gasteiger partial charge in [0.15, 0.2) is 0 Å². The van der Waals surface area contributed by atoms with Gasteiger partial charge in [0.25, 0.3) is 11.8 Å². The van der Waals surface area contributed by atoms with Gasteiger partial charge in [-0.3, -0.25) is 14.5 Å². The first-order valence-corrected chi connectivity index (χ1v) is 11.2. The van der Waals surface area contributed by atoms with E-state index < -0.39 is 0 Å². The quantitative estimate of drug-likeness (QED) is 0.638. The number of imide groups is 1. The number of anilines is 2. The molecule has 2 aromatic carbocycles. The molecule has 162 valence electrons. The highest BCUT2D eigenvalue weighted by Crippen LogP contribution is 2.32. The summed E-state index contributed by atoms with van der Waals surface area (Å²) in [5.41, 5.74) is 4.28. The molecule has 2 aromatic rings. The van der Waals surface area contributed by atoms with Crippen LogP contribution in [0.15, 0.2) is 36.4 Å². The first kappa shape index (κ1) is 21.1. The number of nitrogens with zero attached hydrogens (tertiary/aromatic N) is 1. The summed E-state index contributed by atoms with van der Waals surface area (Å²) in [4.78, 5) is 39.9. The molecule has 1 heterocycles. The Balaban J connectivity index is 1.51. The van der Waals surface area contributed by atoms with Crippen molar-refractivity contribution in [1.82, 2.24) is 4.90 Å². The summed E-state index contributed by atoms with van der Waals surface area (Å²) in [6.45, 7) is 4.11. The molecule has 1 aliphatic heterocycles. The minimum absolute atomic E-state index is 0.0149. The van der Waals surface area contributed by atoms with Crippen molar-refractivity contribution < 1.29 is 14.4 Å². The van der Waals surface area contributed by atoms with Crippen LogP contribution >= 0.6 is 0 Å². The lowest BCUT2D eigenvalue weighted by molar-refractivity contribution is 0.0549. The number of urea groups is 1. The summed E-state index contributed by atoms with van der Waals surface area (Å²) in [5.74, 6) is -0.465. The zero-order chi connectivity index (χ0) is 22.0. The fraction of sp³-hybridized carbons (Fsp3) is 0.400.